The van der Waals surface area contributed by atoms with Gasteiger partial charge in [0.2, 0.25) is 0 Å². The van der Waals surface area contributed by atoms with Crippen molar-refractivity contribution in [3.05, 3.63) is 27.9 Å². The van der Waals surface area contributed by atoms with Gasteiger partial charge >= 0.3 is 0 Å². The van der Waals surface area contributed by atoms with Crippen LogP contribution in [0.25, 0.3) is 5.78 Å². The van der Waals surface area contributed by atoms with E-state index in [-0.39, 0.29) is 12.2 Å². The maximum absolute atomic E-state index is 11.5. The van der Waals surface area contributed by atoms with Gasteiger partial charge in [-0.1, -0.05) is 0 Å². The number of hydrogen-bond acceptors (Lipinski definition) is 4. The van der Waals surface area contributed by atoms with Gasteiger partial charge in [-0.15, -0.1) is 0 Å². The van der Waals surface area contributed by atoms with E-state index >= 15 is 0 Å². The Labute approximate surface area is 85.6 Å². The summed E-state index contributed by atoms with van der Waals surface area (Å²) in [5, 5.41) is 11.5. The first-order valence-electron chi connectivity index (χ1n) is 4.77. The molecule has 0 radical (unpaired) electrons. The van der Waals surface area contributed by atoms with E-state index in [1.807, 2.05) is 0 Å². The van der Waals surface area contributed by atoms with Crippen molar-refractivity contribution in [1.82, 2.24) is 19.6 Å². The van der Waals surface area contributed by atoms with E-state index in [0.717, 1.165) is 0 Å². The molecule has 2 heterocycles. The Morgan fingerprint density at radius 2 is 2.33 bits per heavy atom. The number of aliphatic hydroxyl groups excluding tert-OH is 1. The van der Waals surface area contributed by atoms with Gasteiger partial charge in [-0.05, 0) is 13.3 Å². The van der Waals surface area contributed by atoms with Crippen LogP contribution in [0.2, 0.25) is 0 Å². The van der Waals surface area contributed by atoms with Crippen molar-refractivity contribution >= 4 is 5.78 Å². The third-order valence-electron chi connectivity index (χ3n) is 2.08. The largest absolute Gasteiger partial charge is 0.396 e. The van der Waals surface area contributed by atoms with Crippen molar-refractivity contribution in [1.29, 1.82) is 0 Å². The highest BCUT2D eigenvalue weighted by Crippen LogP contribution is 1.99. The molecule has 2 N–H and O–H groups in total. The molecule has 0 saturated heterocycles. The van der Waals surface area contributed by atoms with Crippen LogP contribution in [0.4, 0.5) is 0 Å². The fraction of sp³-hybridized carbons (Fsp3) is 0.444. The second kappa shape index (κ2) is 3.82. The molecule has 0 bridgehead atoms. The number of aliphatic hydroxyl groups is 1. The van der Waals surface area contributed by atoms with Gasteiger partial charge in [-0.25, -0.2) is 4.98 Å². The van der Waals surface area contributed by atoms with E-state index in [0.29, 0.717) is 30.1 Å². The first kappa shape index (κ1) is 9.85. The van der Waals surface area contributed by atoms with Gasteiger partial charge in [-0.2, -0.15) is 9.50 Å². The summed E-state index contributed by atoms with van der Waals surface area (Å²) in [6.07, 6.45) is 1.23. The zero-order chi connectivity index (χ0) is 10.8. The lowest BCUT2D eigenvalue weighted by Gasteiger charge is -1.91. The number of aryl methyl sites for hydroxylation is 2. The molecule has 2 rings (SSSR count). The summed E-state index contributed by atoms with van der Waals surface area (Å²) in [5.74, 6) is 1.05. The van der Waals surface area contributed by atoms with Crippen molar-refractivity contribution in [2.45, 2.75) is 19.8 Å². The van der Waals surface area contributed by atoms with Crippen molar-refractivity contribution in [2.75, 3.05) is 6.61 Å². The highest BCUT2D eigenvalue weighted by atomic mass is 16.2. The lowest BCUT2D eigenvalue weighted by molar-refractivity contribution is 0.287. The van der Waals surface area contributed by atoms with Crippen LogP contribution in [0.5, 0.6) is 0 Å². The molecule has 0 spiro atoms. The molecule has 15 heavy (non-hydrogen) atoms. The molecule has 0 aliphatic rings. The van der Waals surface area contributed by atoms with E-state index < -0.39 is 0 Å². The number of hydrogen-bond donors (Lipinski definition) is 2. The van der Waals surface area contributed by atoms with Crippen LogP contribution >= 0.6 is 0 Å². The number of aromatic nitrogens is 4. The highest BCUT2D eigenvalue weighted by molar-refractivity contribution is 5.27. The summed E-state index contributed by atoms with van der Waals surface area (Å²) in [5.41, 5.74) is 0.487. The number of fused-ring (bicyclic) bond motifs is 1. The molecule has 2 aromatic heterocycles. The maximum Gasteiger partial charge on any atom is 0.274 e. The number of rotatable bonds is 3. The van der Waals surface area contributed by atoms with Crippen LogP contribution in [0.1, 0.15) is 17.9 Å². The van der Waals surface area contributed by atoms with Crippen molar-refractivity contribution < 1.29 is 5.11 Å². The fourth-order valence-corrected chi connectivity index (χ4v) is 1.39. The van der Waals surface area contributed by atoms with Crippen LogP contribution in [0.15, 0.2) is 10.9 Å². The van der Waals surface area contributed by atoms with Crippen LogP contribution in [-0.2, 0) is 6.42 Å². The highest BCUT2D eigenvalue weighted by Gasteiger charge is 2.05. The molecule has 0 amide bonds. The Morgan fingerprint density at radius 3 is 3.07 bits per heavy atom. The quantitative estimate of drug-likeness (QED) is 0.722. The van der Waals surface area contributed by atoms with Crippen molar-refractivity contribution in [2.24, 2.45) is 0 Å². The molecule has 6 nitrogen and oxygen atoms in total. The number of nitrogens with one attached hydrogen (secondary N) is 1. The van der Waals surface area contributed by atoms with Gasteiger partial charge in [0.1, 0.15) is 5.82 Å². The lowest BCUT2D eigenvalue weighted by atomic mass is 10.3. The SMILES string of the molecule is Cc1cc(=O)n2[nH]c(CCCO)nc2n1. The molecule has 80 valence electrons. The Morgan fingerprint density at radius 1 is 1.53 bits per heavy atom. The summed E-state index contributed by atoms with van der Waals surface area (Å²) in [4.78, 5) is 19.8. The molecule has 0 aromatic carbocycles. The molecule has 0 aliphatic carbocycles. The van der Waals surface area contributed by atoms with E-state index in [2.05, 4.69) is 15.1 Å². The summed E-state index contributed by atoms with van der Waals surface area (Å²) in [6.45, 7) is 1.86. The molecule has 0 saturated carbocycles. The monoisotopic (exact) mass is 208 g/mol. The molecule has 0 fully saturated rings. The summed E-state index contributed by atoms with van der Waals surface area (Å²) >= 11 is 0. The Kier molecular flexibility index (Phi) is 2.51. The van der Waals surface area contributed by atoms with E-state index in [1.54, 1.807) is 6.92 Å². The van der Waals surface area contributed by atoms with Crippen molar-refractivity contribution in [3.8, 4) is 0 Å². The minimum atomic E-state index is -0.166. The van der Waals surface area contributed by atoms with E-state index in [1.165, 1.54) is 10.6 Å². The smallest absolute Gasteiger partial charge is 0.274 e. The normalized spacial score (nSPS) is 11.1. The van der Waals surface area contributed by atoms with Gasteiger partial charge in [0.25, 0.3) is 11.3 Å². The first-order valence-corrected chi connectivity index (χ1v) is 4.77. The second-order valence-electron chi connectivity index (χ2n) is 3.37. The van der Waals surface area contributed by atoms with Crippen LogP contribution in [-0.4, -0.2) is 31.3 Å². The van der Waals surface area contributed by atoms with Gasteiger partial charge in [0.15, 0.2) is 0 Å². The molecular formula is C9H12N4O2. The predicted molar refractivity (Wildman–Crippen MR) is 53.8 cm³/mol. The topological polar surface area (TPSA) is 83.3 Å². The van der Waals surface area contributed by atoms with Crippen LogP contribution in [0, 0.1) is 6.92 Å². The molecule has 6 heteroatoms. The second-order valence-corrected chi connectivity index (χ2v) is 3.37. The molecule has 0 unspecified atom stereocenters. The third kappa shape index (κ3) is 1.89. The third-order valence-corrected chi connectivity index (χ3v) is 2.08. The zero-order valence-electron chi connectivity index (χ0n) is 8.40. The van der Waals surface area contributed by atoms with E-state index in [9.17, 15) is 4.79 Å². The molecule has 0 aliphatic heterocycles. The molecular weight excluding hydrogens is 196 g/mol. The van der Waals surface area contributed by atoms with Crippen LogP contribution < -0.4 is 5.56 Å². The lowest BCUT2D eigenvalue weighted by Crippen LogP contribution is -2.14. The van der Waals surface area contributed by atoms with Gasteiger partial charge in [0, 0.05) is 24.8 Å². The van der Waals surface area contributed by atoms with Gasteiger partial charge in [0.05, 0.1) is 0 Å². The molecule has 2 aromatic rings. The van der Waals surface area contributed by atoms with Crippen molar-refractivity contribution in [3.63, 3.8) is 0 Å². The minimum absolute atomic E-state index is 0.110. The minimum Gasteiger partial charge on any atom is -0.396 e. The standard InChI is InChI=1S/C9H12N4O2/c1-6-5-8(15)13-9(10-6)11-7(12-13)3-2-4-14/h5,14H,2-4H2,1H3,(H,10,11,12). The number of aromatic amines is 1. The average molecular weight is 208 g/mol. The zero-order valence-corrected chi connectivity index (χ0v) is 8.40. The average Bonchev–Trinajstić information content (AvgIpc) is 2.57. The molecule has 0 atom stereocenters. The Balaban J connectivity index is 2.46. The number of H-pyrrole nitrogens is 1. The summed E-state index contributed by atoms with van der Waals surface area (Å²) in [7, 11) is 0. The first-order chi connectivity index (χ1) is 7.20. The predicted octanol–water partition coefficient (Wildman–Crippen LogP) is -0.349. The fourth-order valence-electron chi connectivity index (χ4n) is 1.39. The van der Waals surface area contributed by atoms with Crippen LogP contribution in [0.3, 0.4) is 0 Å². The Bertz CT molecular complexity index is 528. The maximum atomic E-state index is 11.5. The van der Waals surface area contributed by atoms with E-state index in [4.69, 9.17) is 5.11 Å². The summed E-state index contributed by atoms with van der Waals surface area (Å²) < 4.78 is 1.31. The Hall–Kier alpha value is -1.69. The number of nitrogens with zero attached hydrogens (tertiary/aromatic N) is 3. The summed E-state index contributed by atoms with van der Waals surface area (Å²) in [6, 6.07) is 1.45. The van der Waals surface area contributed by atoms with Gasteiger partial charge in [-0.3, -0.25) is 9.89 Å². The van der Waals surface area contributed by atoms with Gasteiger partial charge < -0.3 is 5.11 Å².